The van der Waals surface area contributed by atoms with E-state index in [4.69, 9.17) is 4.84 Å². The monoisotopic (exact) mass is 291 g/mol. The van der Waals surface area contributed by atoms with Crippen molar-refractivity contribution < 1.29 is 18.0 Å². The highest BCUT2D eigenvalue weighted by atomic mass is 32.2. The van der Waals surface area contributed by atoms with Gasteiger partial charge in [0.2, 0.25) is 0 Å². The molecule has 0 N–H and O–H groups in total. The molecule has 2 aromatic carbocycles. The van der Waals surface area contributed by atoms with Crippen LogP contribution in [0.5, 0.6) is 0 Å². The zero-order valence-electron chi connectivity index (χ0n) is 10.8. The van der Waals surface area contributed by atoms with Crippen LogP contribution in [0, 0.1) is 0 Å². The van der Waals surface area contributed by atoms with Gasteiger partial charge in [0.05, 0.1) is 17.7 Å². The van der Waals surface area contributed by atoms with Crippen molar-refractivity contribution in [2.45, 2.75) is 4.90 Å². The van der Waals surface area contributed by atoms with E-state index in [2.05, 4.69) is 0 Å². The fourth-order valence-electron chi connectivity index (χ4n) is 1.71. The van der Waals surface area contributed by atoms with E-state index in [1.165, 1.54) is 31.4 Å². The second-order valence-electron chi connectivity index (χ2n) is 3.94. The van der Waals surface area contributed by atoms with Gasteiger partial charge in [-0.05, 0) is 24.3 Å². The molecule has 0 fully saturated rings. The molecule has 5 nitrogen and oxygen atoms in total. The van der Waals surface area contributed by atoms with E-state index in [0.29, 0.717) is 17.5 Å². The van der Waals surface area contributed by atoms with Crippen molar-refractivity contribution in [2.75, 3.05) is 11.6 Å². The number of aldehydes is 1. The van der Waals surface area contributed by atoms with Crippen molar-refractivity contribution in [3.63, 3.8) is 0 Å². The SMILES string of the molecule is CON(c1ccccc1)S(=O)(=O)c1ccc(C=O)cc1. The van der Waals surface area contributed by atoms with Crippen LogP contribution in [0.1, 0.15) is 10.4 Å². The number of rotatable bonds is 5. The van der Waals surface area contributed by atoms with Crippen molar-refractivity contribution >= 4 is 22.0 Å². The van der Waals surface area contributed by atoms with Crippen LogP contribution in [0.25, 0.3) is 0 Å². The first kappa shape index (κ1) is 14.2. The maximum atomic E-state index is 12.5. The van der Waals surface area contributed by atoms with Crippen molar-refractivity contribution in [3.8, 4) is 0 Å². The molecule has 0 atom stereocenters. The van der Waals surface area contributed by atoms with E-state index in [1.807, 2.05) is 0 Å². The number of hydrogen-bond donors (Lipinski definition) is 0. The summed E-state index contributed by atoms with van der Waals surface area (Å²) < 4.78 is 25.8. The third kappa shape index (κ3) is 2.71. The number of carbonyl (C=O) groups is 1. The molecule has 0 unspecified atom stereocenters. The highest BCUT2D eigenvalue weighted by Crippen LogP contribution is 2.23. The summed E-state index contributed by atoms with van der Waals surface area (Å²) >= 11 is 0. The molecule has 104 valence electrons. The van der Waals surface area contributed by atoms with Crippen LogP contribution in [0.4, 0.5) is 5.69 Å². The van der Waals surface area contributed by atoms with Gasteiger partial charge < -0.3 is 0 Å². The summed E-state index contributed by atoms with van der Waals surface area (Å²) in [6, 6.07) is 14.1. The first-order chi connectivity index (χ1) is 9.59. The molecule has 6 heteroatoms. The molecule has 2 rings (SSSR count). The number of nitrogens with zero attached hydrogens (tertiary/aromatic N) is 1. The van der Waals surface area contributed by atoms with Gasteiger partial charge in [-0.3, -0.25) is 9.63 Å². The number of carbonyl (C=O) groups excluding carboxylic acids is 1. The Kier molecular flexibility index (Phi) is 4.16. The van der Waals surface area contributed by atoms with E-state index in [1.54, 1.807) is 30.3 Å². The molecule has 0 aliphatic heterocycles. The number of benzene rings is 2. The minimum Gasteiger partial charge on any atom is -0.298 e. The Balaban J connectivity index is 2.44. The van der Waals surface area contributed by atoms with Gasteiger partial charge >= 0.3 is 0 Å². The molecule has 0 aliphatic carbocycles. The van der Waals surface area contributed by atoms with E-state index in [9.17, 15) is 13.2 Å². The average Bonchev–Trinajstić information content (AvgIpc) is 2.49. The molecule has 20 heavy (non-hydrogen) atoms. The number of para-hydroxylation sites is 1. The molecule has 2 aromatic rings. The van der Waals surface area contributed by atoms with Crippen LogP contribution in [0.3, 0.4) is 0 Å². The zero-order valence-corrected chi connectivity index (χ0v) is 11.6. The molecule has 0 spiro atoms. The van der Waals surface area contributed by atoms with Gasteiger partial charge in [0.1, 0.15) is 6.29 Å². The topological polar surface area (TPSA) is 63.7 Å². The highest BCUT2D eigenvalue weighted by molar-refractivity contribution is 7.92. The van der Waals surface area contributed by atoms with E-state index >= 15 is 0 Å². The second-order valence-corrected chi connectivity index (χ2v) is 5.69. The van der Waals surface area contributed by atoms with Crippen molar-refractivity contribution in [2.24, 2.45) is 0 Å². The molecule has 0 radical (unpaired) electrons. The van der Waals surface area contributed by atoms with E-state index in [0.717, 1.165) is 4.47 Å². The molecular formula is C14H13NO4S. The Morgan fingerprint density at radius 2 is 1.60 bits per heavy atom. The quantitative estimate of drug-likeness (QED) is 0.626. The van der Waals surface area contributed by atoms with Crippen LogP contribution in [0.2, 0.25) is 0 Å². The highest BCUT2D eigenvalue weighted by Gasteiger charge is 2.25. The average molecular weight is 291 g/mol. The second kappa shape index (κ2) is 5.85. The van der Waals surface area contributed by atoms with Crippen LogP contribution >= 0.6 is 0 Å². The Labute approximate surface area is 117 Å². The first-order valence-electron chi connectivity index (χ1n) is 5.79. The molecular weight excluding hydrogens is 278 g/mol. The molecule has 0 aliphatic rings. The number of sulfonamides is 1. The lowest BCUT2D eigenvalue weighted by Crippen LogP contribution is -2.29. The molecule has 0 saturated heterocycles. The third-order valence-corrected chi connectivity index (χ3v) is 4.33. The van der Waals surface area contributed by atoms with Crippen molar-refractivity contribution in [1.82, 2.24) is 0 Å². The van der Waals surface area contributed by atoms with Crippen LogP contribution < -0.4 is 4.47 Å². The molecule has 0 bridgehead atoms. The van der Waals surface area contributed by atoms with Crippen LogP contribution in [-0.2, 0) is 14.9 Å². The normalized spacial score (nSPS) is 11.1. The summed E-state index contributed by atoms with van der Waals surface area (Å²) in [6.45, 7) is 0. The van der Waals surface area contributed by atoms with E-state index in [-0.39, 0.29) is 4.90 Å². The van der Waals surface area contributed by atoms with Gasteiger partial charge in [-0.2, -0.15) is 8.42 Å². The smallest absolute Gasteiger partial charge is 0.286 e. The Morgan fingerprint density at radius 1 is 1.00 bits per heavy atom. The first-order valence-corrected chi connectivity index (χ1v) is 7.23. The molecule has 0 heterocycles. The number of hydrogen-bond acceptors (Lipinski definition) is 4. The summed E-state index contributed by atoms with van der Waals surface area (Å²) in [5, 5.41) is 0. The lowest BCUT2D eigenvalue weighted by molar-refractivity contribution is 0.112. The lowest BCUT2D eigenvalue weighted by atomic mass is 10.2. The summed E-state index contributed by atoms with van der Waals surface area (Å²) in [5.41, 5.74) is 0.807. The minimum absolute atomic E-state index is 0.0498. The summed E-state index contributed by atoms with van der Waals surface area (Å²) in [4.78, 5) is 15.6. The van der Waals surface area contributed by atoms with Gasteiger partial charge in [0.15, 0.2) is 0 Å². The van der Waals surface area contributed by atoms with Gasteiger partial charge in [0.25, 0.3) is 10.0 Å². The van der Waals surface area contributed by atoms with Crippen LogP contribution in [-0.4, -0.2) is 21.8 Å². The van der Waals surface area contributed by atoms with Gasteiger partial charge in [0, 0.05) is 5.56 Å². The third-order valence-electron chi connectivity index (χ3n) is 2.67. The predicted molar refractivity (Wildman–Crippen MR) is 74.9 cm³/mol. The van der Waals surface area contributed by atoms with Gasteiger partial charge in [-0.15, -0.1) is 4.47 Å². The Morgan fingerprint density at radius 3 is 2.10 bits per heavy atom. The lowest BCUT2D eigenvalue weighted by Gasteiger charge is -2.21. The van der Waals surface area contributed by atoms with Crippen molar-refractivity contribution in [1.29, 1.82) is 0 Å². The molecule has 0 saturated carbocycles. The fourth-order valence-corrected chi connectivity index (χ4v) is 2.97. The van der Waals surface area contributed by atoms with Gasteiger partial charge in [-0.1, -0.05) is 30.3 Å². The summed E-state index contributed by atoms with van der Waals surface area (Å²) in [6.07, 6.45) is 0.654. The fraction of sp³-hybridized carbons (Fsp3) is 0.0714. The van der Waals surface area contributed by atoms with Crippen molar-refractivity contribution in [3.05, 3.63) is 60.2 Å². The largest absolute Gasteiger partial charge is 0.298 e. The number of anilines is 1. The predicted octanol–water partition coefficient (Wildman–Crippen LogP) is 2.26. The maximum absolute atomic E-state index is 12.5. The Bertz CT molecular complexity index is 681. The standard InChI is InChI=1S/C14H13NO4S/c1-19-15(13-5-3-2-4-6-13)20(17,18)14-9-7-12(11-16)8-10-14/h2-11H,1H3. The summed E-state index contributed by atoms with van der Waals surface area (Å²) in [7, 11) is -2.55. The summed E-state index contributed by atoms with van der Waals surface area (Å²) in [5.74, 6) is 0. The molecule has 0 amide bonds. The maximum Gasteiger partial charge on any atom is 0.286 e. The Hall–Kier alpha value is -2.18. The zero-order chi connectivity index (χ0) is 14.6. The van der Waals surface area contributed by atoms with E-state index < -0.39 is 10.0 Å². The van der Waals surface area contributed by atoms with Crippen LogP contribution in [0.15, 0.2) is 59.5 Å². The minimum atomic E-state index is -3.83. The van der Waals surface area contributed by atoms with Gasteiger partial charge in [-0.25, -0.2) is 0 Å². The molecule has 0 aromatic heterocycles.